The van der Waals surface area contributed by atoms with Crippen LogP contribution in [-0.4, -0.2) is 40.8 Å². The molecule has 0 aromatic heterocycles. The summed E-state index contributed by atoms with van der Waals surface area (Å²) in [6.07, 6.45) is -8.38. The van der Waals surface area contributed by atoms with Crippen molar-refractivity contribution in [3.05, 3.63) is 12.7 Å². The van der Waals surface area contributed by atoms with Crippen molar-refractivity contribution in [2.24, 2.45) is 0 Å². The number of hydrogen-bond acceptors (Lipinski definition) is 1. The maximum atomic E-state index is 12.5. The third kappa shape index (κ3) is 4.49. The summed E-state index contributed by atoms with van der Waals surface area (Å²) < 4.78 is 83.5. The molecule has 0 aliphatic rings. The molecule has 0 heterocycles. The van der Waals surface area contributed by atoms with Gasteiger partial charge in [-0.15, -0.1) is 0 Å². The maximum absolute atomic E-state index is 12.5. The average Bonchev–Trinajstić information content (AvgIpc) is 2.13. The van der Waals surface area contributed by atoms with Crippen LogP contribution in [0.1, 0.15) is 0 Å². The van der Waals surface area contributed by atoms with Gasteiger partial charge in [0.15, 0.2) is 0 Å². The summed E-state index contributed by atoms with van der Waals surface area (Å²) in [5.41, 5.74) is -5.19. The van der Waals surface area contributed by atoms with E-state index in [-0.39, 0.29) is 0 Å². The zero-order valence-electron chi connectivity index (χ0n) is 7.94. The molecule has 0 aliphatic heterocycles. The summed E-state index contributed by atoms with van der Waals surface area (Å²) >= 11 is 0. The van der Waals surface area contributed by atoms with Crippen molar-refractivity contribution in [1.82, 2.24) is 0 Å². The van der Waals surface area contributed by atoms with Crippen molar-refractivity contribution in [2.45, 2.75) is 17.8 Å². The van der Waals surface area contributed by atoms with Gasteiger partial charge >= 0.3 is 18.3 Å². The van der Waals surface area contributed by atoms with Gasteiger partial charge in [-0.25, -0.2) is 13.6 Å². The zero-order chi connectivity index (χ0) is 14.5. The van der Waals surface area contributed by atoms with Gasteiger partial charge in [0, 0.05) is 0 Å². The highest BCUT2D eigenvalue weighted by Gasteiger charge is 2.70. The van der Waals surface area contributed by atoms with Crippen molar-refractivity contribution in [3.8, 4) is 0 Å². The molecular weight excluding hydrogens is 265 g/mol. The lowest BCUT2D eigenvalue weighted by molar-refractivity contribution is -0.292. The van der Waals surface area contributed by atoms with E-state index in [1.54, 1.807) is 0 Å². The van der Waals surface area contributed by atoms with Gasteiger partial charge in [-0.1, -0.05) is 6.58 Å². The Labute approximate surface area is 90.2 Å². The van der Waals surface area contributed by atoms with Crippen LogP contribution in [0.2, 0.25) is 0 Å². The Morgan fingerprint density at radius 2 is 1.41 bits per heavy atom. The van der Waals surface area contributed by atoms with Crippen molar-refractivity contribution < 1.29 is 45.7 Å². The smallest absolute Gasteiger partial charge is 0.450 e. The second-order valence-corrected chi connectivity index (χ2v) is 2.54. The summed E-state index contributed by atoms with van der Waals surface area (Å²) in [6, 6.07) is 0. The van der Waals surface area contributed by atoms with Crippen molar-refractivity contribution in [2.75, 3.05) is 6.67 Å². The minimum atomic E-state index is -5.97. The molecule has 0 fully saturated rings. The van der Waals surface area contributed by atoms with Crippen LogP contribution >= 0.6 is 0 Å². The van der Waals surface area contributed by atoms with E-state index in [0.29, 0.717) is 0 Å². The lowest BCUT2D eigenvalue weighted by Gasteiger charge is -2.30. The number of alkyl halides is 7. The summed E-state index contributed by atoms with van der Waals surface area (Å²) in [5.74, 6) is -4.97. The van der Waals surface area contributed by atoms with Gasteiger partial charge < -0.3 is 10.2 Å². The number of carbonyl (C=O) groups is 1. The highest BCUT2D eigenvalue weighted by molar-refractivity contribution is 5.53. The van der Waals surface area contributed by atoms with Gasteiger partial charge in [0.2, 0.25) is 0 Å². The Bertz CT molecular complexity index is 271. The number of hydrogen-bond donors (Lipinski definition) is 2. The highest BCUT2D eigenvalue weighted by atomic mass is 19.4. The molecule has 0 aliphatic carbocycles. The molecule has 1 unspecified atom stereocenters. The fourth-order valence-corrected chi connectivity index (χ4v) is 0.516. The number of allylic oxidation sites excluding steroid dienone is 1. The molecule has 0 saturated carbocycles. The molecular formula is C7H7F7O3. The predicted molar refractivity (Wildman–Crippen MR) is 41.7 cm³/mol. The van der Waals surface area contributed by atoms with Gasteiger partial charge in [0.05, 0.1) is 0 Å². The minimum Gasteiger partial charge on any atom is -0.450 e. The summed E-state index contributed by atoms with van der Waals surface area (Å²) in [4.78, 5) is 8.56. The Kier molecular flexibility index (Phi) is 6.03. The van der Waals surface area contributed by atoms with Gasteiger partial charge in [-0.05, 0) is 6.08 Å². The lowest BCUT2D eigenvalue weighted by Crippen LogP contribution is -2.56. The molecule has 3 nitrogen and oxygen atoms in total. The summed E-state index contributed by atoms with van der Waals surface area (Å²) in [6.45, 7) is -0.548. The van der Waals surface area contributed by atoms with E-state index >= 15 is 0 Å². The maximum Gasteiger partial charge on any atom is 0.503 e. The summed E-state index contributed by atoms with van der Waals surface area (Å²) in [7, 11) is 0. The molecule has 2 N–H and O–H groups in total. The molecule has 0 aromatic rings. The van der Waals surface area contributed by atoms with Crippen LogP contribution in [0, 0.1) is 0 Å². The Balaban J connectivity index is 0. The van der Waals surface area contributed by atoms with Crippen LogP contribution in [0.4, 0.5) is 35.5 Å². The van der Waals surface area contributed by atoms with E-state index < -0.39 is 36.7 Å². The Morgan fingerprint density at radius 3 is 1.47 bits per heavy atom. The quantitative estimate of drug-likeness (QED) is 0.612. The van der Waals surface area contributed by atoms with E-state index in [4.69, 9.17) is 15.0 Å². The first-order valence-corrected chi connectivity index (χ1v) is 3.60. The Hall–Kier alpha value is -1.48. The van der Waals surface area contributed by atoms with Gasteiger partial charge in [0.25, 0.3) is 5.67 Å². The van der Waals surface area contributed by atoms with Gasteiger partial charge in [-0.2, -0.15) is 22.0 Å². The first-order valence-electron chi connectivity index (χ1n) is 3.60. The van der Waals surface area contributed by atoms with Crippen LogP contribution in [0.25, 0.3) is 0 Å². The normalized spacial score (nSPS) is 15.2. The number of carboxylic acid groups (broad SMARTS) is 2. The standard InChI is InChI=1S/C6H5F7.CH2O3/c1-2-5(9,10)4(8,3-7)6(11,12)13;2-1(3)4/h2H,1,3H2;(H2,2,3,4). The topological polar surface area (TPSA) is 57.5 Å². The third-order valence-electron chi connectivity index (χ3n) is 1.42. The van der Waals surface area contributed by atoms with Crippen LogP contribution in [0.15, 0.2) is 12.7 Å². The molecule has 0 spiro atoms. The highest BCUT2D eigenvalue weighted by Crippen LogP contribution is 2.46. The second kappa shape index (κ2) is 5.73. The van der Waals surface area contributed by atoms with E-state index in [0.717, 1.165) is 0 Å². The Morgan fingerprint density at radius 1 is 1.12 bits per heavy atom. The van der Waals surface area contributed by atoms with E-state index in [2.05, 4.69) is 6.58 Å². The molecule has 0 radical (unpaired) electrons. The van der Waals surface area contributed by atoms with Crippen molar-refractivity contribution in [1.29, 1.82) is 0 Å². The van der Waals surface area contributed by atoms with Crippen LogP contribution < -0.4 is 0 Å². The fourth-order valence-electron chi connectivity index (χ4n) is 0.516. The van der Waals surface area contributed by atoms with E-state index in [9.17, 15) is 30.7 Å². The molecule has 0 aromatic carbocycles. The molecule has 0 amide bonds. The zero-order valence-corrected chi connectivity index (χ0v) is 7.94. The van der Waals surface area contributed by atoms with Gasteiger partial charge in [0.1, 0.15) is 6.67 Å². The summed E-state index contributed by atoms with van der Waals surface area (Å²) in [5, 5.41) is 13.9. The molecule has 10 heteroatoms. The van der Waals surface area contributed by atoms with Crippen LogP contribution in [-0.2, 0) is 0 Å². The second-order valence-electron chi connectivity index (χ2n) is 2.54. The van der Waals surface area contributed by atoms with E-state index in [1.807, 2.05) is 0 Å². The lowest BCUT2D eigenvalue weighted by atomic mass is 9.99. The molecule has 0 bridgehead atoms. The number of halogens is 7. The van der Waals surface area contributed by atoms with E-state index in [1.165, 1.54) is 0 Å². The molecule has 0 rings (SSSR count). The largest absolute Gasteiger partial charge is 0.503 e. The van der Waals surface area contributed by atoms with Crippen LogP contribution in [0.5, 0.6) is 0 Å². The van der Waals surface area contributed by atoms with Crippen LogP contribution in [0.3, 0.4) is 0 Å². The molecule has 0 saturated heterocycles. The first-order chi connectivity index (χ1) is 7.35. The van der Waals surface area contributed by atoms with Crippen molar-refractivity contribution >= 4 is 6.16 Å². The number of rotatable bonds is 3. The predicted octanol–water partition coefficient (Wildman–Crippen LogP) is 3.27. The minimum absolute atomic E-state index is 0.569. The third-order valence-corrected chi connectivity index (χ3v) is 1.42. The first kappa shape index (κ1) is 17.9. The van der Waals surface area contributed by atoms with Crippen molar-refractivity contribution in [3.63, 3.8) is 0 Å². The molecule has 102 valence electrons. The van der Waals surface area contributed by atoms with Gasteiger partial charge in [-0.3, -0.25) is 0 Å². The monoisotopic (exact) mass is 272 g/mol. The molecule has 1 atom stereocenters. The fraction of sp³-hybridized carbons (Fsp3) is 0.571. The average molecular weight is 272 g/mol. The molecule has 17 heavy (non-hydrogen) atoms. The SMILES string of the molecule is C=CC(F)(F)C(F)(CF)C(F)(F)F.O=C(O)O.